The lowest BCUT2D eigenvalue weighted by Gasteiger charge is -2.24. The van der Waals surface area contributed by atoms with Crippen molar-refractivity contribution in [3.8, 4) is 0 Å². The molecule has 0 aromatic carbocycles. The number of ether oxygens (including phenoxy) is 1. The van der Waals surface area contributed by atoms with Crippen LogP contribution in [0, 0.1) is 0 Å². The van der Waals surface area contributed by atoms with E-state index in [1.54, 1.807) is 0 Å². The second-order valence-electron chi connectivity index (χ2n) is 17.9. The second-order valence-corrected chi connectivity index (χ2v) is 17.9. The van der Waals surface area contributed by atoms with E-state index in [4.69, 9.17) is 4.74 Å². The van der Waals surface area contributed by atoms with E-state index in [2.05, 4.69) is 86.8 Å². The molecular formula is C56H101NO5. The number of aliphatic hydroxyl groups is 2. The van der Waals surface area contributed by atoms with Gasteiger partial charge in [0.05, 0.1) is 25.2 Å². The molecule has 6 heteroatoms. The lowest BCUT2D eigenvalue weighted by Crippen LogP contribution is -2.46. The molecule has 0 aliphatic rings. The predicted molar refractivity (Wildman–Crippen MR) is 268 cm³/mol. The minimum Gasteiger partial charge on any atom is -0.462 e. The van der Waals surface area contributed by atoms with Gasteiger partial charge in [0.15, 0.2) is 0 Å². The summed E-state index contributed by atoms with van der Waals surface area (Å²) in [5, 5.41) is 23.8. The molecule has 3 atom stereocenters. The fourth-order valence-electron chi connectivity index (χ4n) is 7.83. The van der Waals surface area contributed by atoms with Gasteiger partial charge in [-0.25, -0.2) is 0 Å². The molecule has 3 unspecified atom stereocenters. The first-order chi connectivity index (χ1) is 30.5. The summed E-state index contributed by atoms with van der Waals surface area (Å²) in [4.78, 5) is 26.2. The largest absolute Gasteiger partial charge is 0.462 e. The van der Waals surface area contributed by atoms with Gasteiger partial charge >= 0.3 is 5.97 Å². The molecule has 0 aromatic heterocycles. The number of carbonyl (C=O) groups excluding carboxylic acids is 2. The Labute approximate surface area is 384 Å². The summed E-state index contributed by atoms with van der Waals surface area (Å²) >= 11 is 0. The maximum atomic E-state index is 13.2. The van der Waals surface area contributed by atoms with Crippen LogP contribution in [0.4, 0.5) is 0 Å². The first-order valence-corrected chi connectivity index (χ1v) is 26.5. The maximum absolute atomic E-state index is 13.2. The fraction of sp³-hybridized carbons (Fsp3) is 0.786. The molecule has 0 radical (unpaired) electrons. The summed E-state index contributed by atoms with van der Waals surface area (Å²) < 4.78 is 5.93. The average Bonchev–Trinajstić information content (AvgIpc) is 3.26. The van der Waals surface area contributed by atoms with E-state index in [0.29, 0.717) is 19.3 Å². The Hall–Kier alpha value is -2.44. The van der Waals surface area contributed by atoms with Crippen LogP contribution in [0.2, 0.25) is 0 Å². The standard InChI is InChI=1S/C56H101NO5/c1-4-7-10-13-16-19-22-25-27-29-31-34-37-40-43-46-49-56(61)62-52(47-44-41-38-35-32-30-28-26-23-20-17-14-11-8-5-2)50-55(60)57-53(51-58)54(59)48-45-42-39-36-33-24-21-18-15-12-9-6-3/h7,10,16-17,19-20,25-28,52-54,58-59H,4-6,8-9,11-15,18,21-24,29-51H2,1-3H3,(H,57,60)/b10-7+,19-16+,20-17-,27-25+,28-26-. The summed E-state index contributed by atoms with van der Waals surface area (Å²) in [5.41, 5.74) is 0. The van der Waals surface area contributed by atoms with Crippen molar-refractivity contribution in [3.05, 3.63) is 60.8 Å². The first kappa shape index (κ1) is 59.6. The van der Waals surface area contributed by atoms with E-state index in [-0.39, 0.29) is 24.9 Å². The quantitative estimate of drug-likeness (QED) is 0.0322. The molecule has 0 aliphatic heterocycles. The number of nitrogens with one attached hydrogen (secondary N) is 1. The van der Waals surface area contributed by atoms with Gasteiger partial charge in [-0.1, -0.05) is 216 Å². The normalized spacial score (nSPS) is 13.7. The fourth-order valence-corrected chi connectivity index (χ4v) is 7.83. The third-order valence-electron chi connectivity index (χ3n) is 11.8. The number of aliphatic hydroxyl groups excluding tert-OH is 2. The lowest BCUT2D eigenvalue weighted by molar-refractivity contribution is -0.151. The zero-order chi connectivity index (χ0) is 45.2. The van der Waals surface area contributed by atoms with E-state index in [9.17, 15) is 19.8 Å². The van der Waals surface area contributed by atoms with Crippen molar-refractivity contribution in [1.29, 1.82) is 0 Å². The van der Waals surface area contributed by atoms with E-state index in [1.807, 2.05) is 0 Å². The molecule has 0 heterocycles. The minimum atomic E-state index is -0.795. The Morgan fingerprint density at radius 2 is 0.871 bits per heavy atom. The van der Waals surface area contributed by atoms with Crippen molar-refractivity contribution < 1.29 is 24.5 Å². The van der Waals surface area contributed by atoms with Crippen molar-refractivity contribution in [2.75, 3.05) is 6.61 Å². The lowest BCUT2D eigenvalue weighted by atomic mass is 10.0. The second kappa shape index (κ2) is 49.6. The molecule has 6 nitrogen and oxygen atoms in total. The Kier molecular flexibility index (Phi) is 47.6. The molecule has 360 valence electrons. The van der Waals surface area contributed by atoms with Crippen molar-refractivity contribution in [1.82, 2.24) is 5.32 Å². The molecule has 0 saturated heterocycles. The van der Waals surface area contributed by atoms with Crippen LogP contribution in [-0.2, 0) is 14.3 Å². The van der Waals surface area contributed by atoms with Gasteiger partial charge in [-0.15, -0.1) is 0 Å². The number of unbranched alkanes of at least 4 members (excludes halogenated alkanes) is 25. The van der Waals surface area contributed by atoms with E-state index < -0.39 is 18.2 Å². The van der Waals surface area contributed by atoms with Crippen LogP contribution in [0.25, 0.3) is 0 Å². The summed E-state index contributed by atoms with van der Waals surface area (Å²) in [6.07, 6.45) is 61.3. The number of carbonyl (C=O) groups is 2. The number of hydrogen-bond acceptors (Lipinski definition) is 5. The van der Waals surface area contributed by atoms with Gasteiger partial charge < -0.3 is 20.3 Å². The molecule has 3 N–H and O–H groups in total. The molecule has 0 saturated carbocycles. The topological polar surface area (TPSA) is 95.9 Å². The van der Waals surface area contributed by atoms with E-state index >= 15 is 0 Å². The maximum Gasteiger partial charge on any atom is 0.306 e. The van der Waals surface area contributed by atoms with Crippen LogP contribution in [0.5, 0.6) is 0 Å². The highest BCUT2D eigenvalue weighted by Crippen LogP contribution is 2.18. The van der Waals surface area contributed by atoms with Crippen LogP contribution in [0.15, 0.2) is 60.8 Å². The first-order valence-electron chi connectivity index (χ1n) is 26.5. The Balaban J connectivity index is 4.63. The van der Waals surface area contributed by atoms with E-state index in [1.165, 1.54) is 116 Å². The summed E-state index contributed by atoms with van der Waals surface area (Å²) in [5.74, 6) is -0.499. The molecule has 0 aromatic rings. The van der Waals surface area contributed by atoms with Crippen LogP contribution in [0.3, 0.4) is 0 Å². The van der Waals surface area contributed by atoms with Gasteiger partial charge in [0.25, 0.3) is 0 Å². The number of hydrogen-bond donors (Lipinski definition) is 3. The molecule has 1 amide bonds. The summed E-state index contributed by atoms with van der Waals surface area (Å²) in [6.45, 7) is 6.34. The molecular weight excluding hydrogens is 767 g/mol. The summed E-state index contributed by atoms with van der Waals surface area (Å²) in [6, 6.07) is -0.710. The highest BCUT2D eigenvalue weighted by Gasteiger charge is 2.24. The number of rotatable bonds is 47. The van der Waals surface area contributed by atoms with Crippen LogP contribution in [-0.4, -0.2) is 46.9 Å². The Morgan fingerprint density at radius 3 is 1.35 bits per heavy atom. The third kappa shape index (κ3) is 44.2. The average molecular weight is 868 g/mol. The Bertz CT molecular complexity index is 1110. The zero-order valence-corrected chi connectivity index (χ0v) is 41.0. The molecule has 62 heavy (non-hydrogen) atoms. The third-order valence-corrected chi connectivity index (χ3v) is 11.8. The number of allylic oxidation sites excluding steroid dienone is 10. The minimum absolute atomic E-state index is 0.0619. The van der Waals surface area contributed by atoms with Gasteiger partial charge in [-0.2, -0.15) is 0 Å². The molecule has 0 bridgehead atoms. The zero-order valence-electron chi connectivity index (χ0n) is 41.0. The van der Waals surface area contributed by atoms with Crippen molar-refractivity contribution in [3.63, 3.8) is 0 Å². The van der Waals surface area contributed by atoms with Gasteiger partial charge in [-0.3, -0.25) is 9.59 Å². The van der Waals surface area contributed by atoms with Gasteiger partial charge in [-0.05, 0) is 89.9 Å². The van der Waals surface area contributed by atoms with Crippen molar-refractivity contribution in [2.24, 2.45) is 0 Å². The SMILES string of the molecule is CC/C=C/C/C=C/C/C=C/CCCCCCCCC(=O)OC(CCCCCCC/C=C\C/C=C\CCCCC)CC(=O)NC(CO)C(O)CCCCCCCCCCCCCC. The van der Waals surface area contributed by atoms with Gasteiger partial charge in [0.1, 0.15) is 6.10 Å². The van der Waals surface area contributed by atoms with E-state index in [0.717, 1.165) is 96.3 Å². The highest BCUT2D eigenvalue weighted by molar-refractivity contribution is 5.77. The van der Waals surface area contributed by atoms with Crippen molar-refractivity contribution >= 4 is 11.9 Å². The highest BCUT2D eigenvalue weighted by atomic mass is 16.5. The molecule has 0 spiro atoms. The van der Waals surface area contributed by atoms with Crippen LogP contribution < -0.4 is 5.32 Å². The molecule has 0 rings (SSSR count). The number of amides is 1. The molecule has 0 fully saturated rings. The number of esters is 1. The Morgan fingerprint density at radius 1 is 0.484 bits per heavy atom. The summed E-state index contributed by atoms with van der Waals surface area (Å²) in [7, 11) is 0. The van der Waals surface area contributed by atoms with Gasteiger partial charge in [0, 0.05) is 6.42 Å². The van der Waals surface area contributed by atoms with Crippen LogP contribution in [0.1, 0.15) is 258 Å². The monoisotopic (exact) mass is 868 g/mol. The molecule has 0 aliphatic carbocycles. The van der Waals surface area contributed by atoms with Crippen LogP contribution >= 0.6 is 0 Å². The predicted octanol–water partition coefficient (Wildman–Crippen LogP) is 16.0. The van der Waals surface area contributed by atoms with Gasteiger partial charge in [0.2, 0.25) is 5.91 Å². The van der Waals surface area contributed by atoms with Crippen molar-refractivity contribution in [2.45, 2.75) is 277 Å². The smallest absolute Gasteiger partial charge is 0.306 e.